The molecular formula is C16H14O4. The molecular weight excluding hydrogens is 256 g/mol. The molecule has 4 nitrogen and oxygen atoms in total. The van der Waals surface area contributed by atoms with Crippen molar-refractivity contribution in [2.24, 2.45) is 0 Å². The number of esters is 1. The quantitative estimate of drug-likeness (QED) is 0.687. The van der Waals surface area contributed by atoms with E-state index in [1.54, 1.807) is 19.1 Å². The number of para-hydroxylation sites is 1. The minimum atomic E-state index is -1.02. The van der Waals surface area contributed by atoms with Crippen molar-refractivity contribution in [1.82, 2.24) is 0 Å². The Bertz CT molecular complexity index is 674. The van der Waals surface area contributed by atoms with Crippen LogP contribution in [0.5, 0.6) is 5.75 Å². The van der Waals surface area contributed by atoms with Gasteiger partial charge in [0.15, 0.2) is 0 Å². The van der Waals surface area contributed by atoms with E-state index in [2.05, 4.69) is 0 Å². The van der Waals surface area contributed by atoms with Gasteiger partial charge in [0.2, 0.25) is 0 Å². The summed E-state index contributed by atoms with van der Waals surface area (Å²) in [4.78, 5) is 23.0. The number of hydrogen-bond acceptors (Lipinski definition) is 3. The highest BCUT2D eigenvalue weighted by atomic mass is 16.5. The van der Waals surface area contributed by atoms with Crippen molar-refractivity contribution in [3.63, 3.8) is 0 Å². The summed E-state index contributed by atoms with van der Waals surface area (Å²) in [6.07, 6.45) is 0. The molecule has 2 aromatic rings. The highest BCUT2D eigenvalue weighted by Crippen LogP contribution is 2.19. The Hall–Kier alpha value is -2.62. The fourth-order valence-corrected chi connectivity index (χ4v) is 1.85. The van der Waals surface area contributed by atoms with Gasteiger partial charge < -0.3 is 9.84 Å². The van der Waals surface area contributed by atoms with Gasteiger partial charge in [0.05, 0.1) is 11.1 Å². The minimum absolute atomic E-state index is 0.148. The second kappa shape index (κ2) is 5.57. The van der Waals surface area contributed by atoms with E-state index in [4.69, 9.17) is 9.84 Å². The first kappa shape index (κ1) is 13.8. The van der Waals surface area contributed by atoms with Crippen LogP contribution in [0, 0.1) is 13.8 Å². The molecule has 0 saturated heterocycles. The van der Waals surface area contributed by atoms with E-state index in [9.17, 15) is 9.59 Å². The molecule has 0 fully saturated rings. The molecule has 102 valence electrons. The monoisotopic (exact) mass is 270 g/mol. The third kappa shape index (κ3) is 2.85. The Kier molecular flexibility index (Phi) is 3.84. The van der Waals surface area contributed by atoms with Gasteiger partial charge in [-0.2, -0.15) is 0 Å². The molecule has 20 heavy (non-hydrogen) atoms. The van der Waals surface area contributed by atoms with Crippen molar-refractivity contribution < 1.29 is 19.4 Å². The fraction of sp³-hybridized carbons (Fsp3) is 0.125. The number of aryl methyl sites for hydroxylation is 2. The molecule has 0 spiro atoms. The number of carbonyl (C=O) groups excluding carboxylic acids is 1. The van der Waals surface area contributed by atoms with Crippen LogP contribution < -0.4 is 4.74 Å². The van der Waals surface area contributed by atoms with Gasteiger partial charge in [0.25, 0.3) is 0 Å². The summed E-state index contributed by atoms with van der Waals surface area (Å²) < 4.78 is 5.33. The average molecular weight is 270 g/mol. The molecule has 0 radical (unpaired) electrons. The zero-order valence-electron chi connectivity index (χ0n) is 11.2. The molecule has 0 atom stereocenters. The third-order valence-corrected chi connectivity index (χ3v) is 2.99. The highest BCUT2D eigenvalue weighted by Gasteiger charge is 2.14. The zero-order chi connectivity index (χ0) is 14.7. The van der Waals surface area contributed by atoms with Gasteiger partial charge in [-0.15, -0.1) is 0 Å². The minimum Gasteiger partial charge on any atom is -0.478 e. The standard InChI is InChI=1S/C16H14O4/c1-10-5-3-4-6-14(10)20-16(19)13-8-7-12(15(17)18)9-11(13)2/h3-9H,1-2H3,(H,17,18). The van der Waals surface area contributed by atoms with Crippen molar-refractivity contribution in [2.45, 2.75) is 13.8 Å². The van der Waals surface area contributed by atoms with Crippen LogP contribution in [0.2, 0.25) is 0 Å². The van der Waals surface area contributed by atoms with E-state index < -0.39 is 11.9 Å². The van der Waals surface area contributed by atoms with Crippen LogP contribution in [0.3, 0.4) is 0 Å². The van der Waals surface area contributed by atoms with Crippen molar-refractivity contribution in [1.29, 1.82) is 0 Å². The molecule has 0 unspecified atom stereocenters. The van der Waals surface area contributed by atoms with Gasteiger partial charge in [0, 0.05) is 0 Å². The second-order valence-corrected chi connectivity index (χ2v) is 4.49. The number of carbonyl (C=O) groups is 2. The first-order valence-corrected chi connectivity index (χ1v) is 6.11. The maximum absolute atomic E-state index is 12.1. The van der Waals surface area contributed by atoms with Crippen LogP contribution in [0.4, 0.5) is 0 Å². The molecule has 0 heterocycles. The van der Waals surface area contributed by atoms with Gasteiger partial charge in [-0.3, -0.25) is 0 Å². The lowest BCUT2D eigenvalue weighted by atomic mass is 10.1. The molecule has 2 aromatic carbocycles. The summed E-state index contributed by atoms with van der Waals surface area (Å²) in [6, 6.07) is 11.5. The van der Waals surface area contributed by atoms with E-state index in [-0.39, 0.29) is 5.56 Å². The van der Waals surface area contributed by atoms with Crippen molar-refractivity contribution >= 4 is 11.9 Å². The number of carboxylic acid groups (broad SMARTS) is 1. The predicted molar refractivity (Wildman–Crippen MR) is 74.3 cm³/mol. The molecule has 0 aliphatic carbocycles. The summed E-state index contributed by atoms with van der Waals surface area (Å²) >= 11 is 0. The fourth-order valence-electron chi connectivity index (χ4n) is 1.85. The van der Waals surface area contributed by atoms with E-state index >= 15 is 0 Å². The number of hydrogen-bond donors (Lipinski definition) is 1. The summed E-state index contributed by atoms with van der Waals surface area (Å²) in [6.45, 7) is 3.53. The number of aromatic carboxylic acids is 1. The number of carboxylic acids is 1. The lowest BCUT2D eigenvalue weighted by Gasteiger charge is -2.09. The molecule has 0 saturated carbocycles. The largest absolute Gasteiger partial charge is 0.478 e. The van der Waals surface area contributed by atoms with Gasteiger partial charge in [-0.1, -0.05) is 18.2 Å². The summed E-state index contributed by atoms with van der Waals surface area (Å²) in [5, 5.41) is 8.89. The topological polar surface area (TPSA) is 63.6 Å². The number of ether oxygens (including phenoxy) is 1. The van der Waals surface area contributed by atoms with E-state index in [0.29, 0.717) is 16.9 Å². The number of rotatable bonds is 3. The van der Waals surface area contributed by atoms with E-state index in [1.807, 2.05) is 19.1 Å². The molecule has 0 amide bonds. The third-order valence-electron chi connectivity index (χ3n) is 2.99. The van der Waals surface area contributed by atoms with Crippen LogP contribution in [0.25, 0.3) is 0 Å². The first-order valence-electron chi connectivity index (χ1n) is 6.11. The van der Waals surface area contributed by atoms with Crippen LogP contribution >= 0.6 is 0 Å². The molecule has 1 N–H and O–H groups in total. The van der Waals surface area contributed by atoms with Crippen molar-refractivity contribution in [3.8, 4) is 5.75 Å². The lowest BCUT2D eigenvalue weighted by molar-refractivity contribution is 0.0691. The average Bonchev–Trinajstić information content (AvgIpc) is 2.41. The van der Waals surface area contributed by atoms with E-state index in [1.165, 1.54) is 18.2 Å². The second-order valence-electron chi connectivity index (χ2n) is 4.49. The summed E-state index contributed by atoms with van der Waals surface area (Å²) in [5.41, 5.74) is 1.94. The van der Waals surface area contributed by atoms with Crippen molar-refractivity contribution in [2.75, 3.05) is 0 Å². The Morgan fingerprint density at radius 1 is 1.00 bits per heavy atom. The van der Waals surface area contributed by atoms with Gasteiger partial charge in [-0.05, 0) is 49.2 Å². The molecule has 0 aliphatic heterocycles. The van der Waals surface area contributed by atoms with Crippen LogP contribution in [-0.4, -0.2) is 17.0 Å². The van der Waals surface area contributed by atoms with E-state index in [0.717, 1.165) is 5.56 Å². The Labute approximate surface area is 116 Å². The summed E-state index contributed by atoms with van der Waals surface area (Å²) in [5.74, 6) is -1.01. The van der Waals surface area contributed by atoms with Crippen LogP contribution in [0.1, 0.15) is 31.8 Å². The zero-order valence-corrected chi connectivity index (χ0v) is 11.2. The normalized spacial score (nSPS) is 10.1. The smallest absolute Gasteiger partial charge is 0.343 e. The van der Waals surface area contributed by atoms with Gasteiger partial charge >= 0.3 is 11.9 Å². The molecule has 4 heteroatoms. The van der Waals surface area contributed by atoms with Crippen LogP contribution in [0.15, 0.2) is 42.5 Å². The first-order chi connectivity index (χ1) is 9.49. The highest BCUT2D eigenvalue weighted by molar-refractivity contribution is 5.95. The predicted octanol–water partition coefficient (Wildman–Crippen LogP) is 3.22. The van der Waals surface area contributed by atoms with Gasteiger partial charge in [0.1, 0.15) is 5.75 Å². The molecule has 0 aromatic heterocycles. The van der Waals surface area contributed by atoms with Crippen LogP contribution in [-0.2, 0) is 0 Å². The summed E-state index contributed by atoms with van der Waals surface area (Å²) in [7, 11) is 0. The molecule has 0 bridgehead atoms. The SMILES string of the molecule is Cc1ccccc1OC(=O)c1ccc(C(=O)O)cc1C. The lowest BCUT2D eigenvalue weighted by Crippen LogP contribution is -2.11. The number of benzene rings is 2. The molecule has 2 rings (SSSR count). The van der Waals surface area contributed by atoms with Gasteiger partial charge in [-0.25, -0.2) is 9.59 Å². The maximum Gasteiger partial charge on any atom is 0.343 e. The Morgan fingerprint density at radius 2 is 1.70 bits per heavy atom. The van der Waals surface area contributed by atoms with Crippen molar-refractivity contribution in [3.05, 3.63) is 64.7 Å². The molecule has 0 aliphatic rings. The maximum atomic E-state index is 12.1. The Morgan fingerprint density at radius 3 is 2.30 bits per heavy atom. The Balaban J connectivity index is 2.26.